The fourth-order valence-corrected chi connectivity index (χ4v) is 3.63. The summed E-state index contributed by atoms with van der Waals surface area (Å²) in [5, 5.41) is 12.6. The Kier molecular flexibility index (Phi) is 8.92. The zero-order valence-corrected chi connectivity index (χ0v) is 18.5. The van der Waals surface area contributed by atoms with Crippen LogP contribution >= 0.6 is 0 Å². The van der Waals surface area contributed by atoms with Gasteiger partial charge in [0.05, 0.1) is 19.8 Å². The molecule has 1 atom stereocenters. The number of nitrogens with one attached hydrogen (secondary N) is 1. The first kappa shape index (κ1) is 23.6. The van der Waals surface area contributed by atoms with Gasteiger partial charge in [-0.3, -0.25) is 9.59 Å². The number of fused-ring (bicyclic) bond motifs is 1. The number of hydrogen-bond acceptors (Lipinski definition) is 6. The number of amides is 1. The van der Waals surface area contributed by atoms with Crippen LogP contribution in [0.4, 0.5) is 0 Å². The number of Topliss-reactive ketones (excluding diaryl/α,β-unsaturated/α-hetero) is 1. The molecule has 0 bridgehead atoms. The number of carbonyl (C=O) groups is 2. The summed E-state index contributed by atoms with van der Waals surface area (Å²) in [7, 11) is 1.59. The van der Waals surface area contributed by atoms with E-state index in [1.807, 2.05) is 18.2 Å². The molecule has 1 amide bonds. The summed E-state index contributed by atoms with van der Waals surface area (Å²) in [6.45, 7) is 0.913. The van der Waals surface area contributed by atoms with Gasteiger partial charge >= 0.3 is 0 Å². The van der Waals surface area contributed by atoms with E-state index >= 15 is 0 Å². The van der Waals surface area contributed by atoms with E-state index in [0.717, 1.165) is 29.9 Å². The molecule has 1 heterocycles. The molecule has 7 heteroatoms. The van der Waals surface area contributed by atoms with Gasteiger partial charge < -0.3 is 24.6 Å². The van der Waals surface area contributed by atoms with Crippen LogP contribution in [0.1, 0.15) is 48.0 Å². The van der Waals surface area contributed by atoms with Crippen molar-refractivity contribution in [3.63, 3.8) is 0 Å². The number of unbranched alkanes of at least 4 members (excludes halogenated alkanes) is 2. The molecule has 1 aliphatic rings. The topological polar surface area (TPSA) is 94.1 Å². The second kappa shape index (κ2) is 12.1. The molecular formula is C25H31NO6. The predicted octanol–water partition coefficient (Wildman–Crippen LogP) is 3.32. The number of methoxy groups -OCH3 is 1. The lowest BCUT2D eigenvalue weighted by molar-refractivity contribution is -0.122. The average molecular weight is 442 g/mol. The van der Waals surface area contributed by atoms with E-state index in [-0.39, 0.29) is 24.3 Å². The molecule has 0 fully saturated rings. The first-order chi connectivity index (χ1) is 15.6. The quantitative estimate of drug-likeness (QED) is 0.388. The third-order valence-electron chi connectivity index (χ3n) is 5.39. The second-order valence-corrected chi connectivity index (χ2v) is 7.84. The third-order valence-corrected chi connectivity index (χ3v) is 5.39. The van der Waals surface area contributed by atoms with E-state index in [9.17, 15) is 14.7 Å². The fraction of sp³-hybridized carbons (Fsp3) is 0.440. The Morgan fingerprint density at radius 1 is 1.00 bits per heavy atom. The molecule has 3 rings (SSSR count). The summed E-state index contributed by atoms with van der Waals surface area (Å²) in [6, 6.07) is 12.4. The molecule has 0 aromatic heterocycles. The van der Waals surface area contributed by atoms with Crippen LogP contribution in [-0.4, -0.2) is 49.8 Å². The smallest absolute Gasteiger partial charge is 0.220 e. The predicted molar refractivity (Wildman–Crippen MR) is 121 cm³/mol. The molecule has 2 aromatic rings. The lowest BCUT2D eigenvalue weighted by Gasteiger charge is -2.20. The highest BCUT2D eigenvalue weighted by atomic mass is 16.6. The number of hydrogen-bond donors (Lipinski definition) is 2. The number of carbonyl (C=O) groups excluding carboxylic acids is 2. The van der Waals surface area contributed by atoms with E-state index in [0.29, 0.717) is 50.2 Å². The van der Waals surface area contributed by atoms with Crippen molar-refractivity contribution in [2.75, 3.05) is 26.9 Å². The van der Waals surface area contributed by atoms with Crippen molar-refractivity contribution >= 4 is 11.7 Å². The molecule has 172 valence electrons. The van der Waals surface area contributed by atoms with Gasteiger partial charge in [0.25, 0.3) is 0 Å². The number of ether oxygens (including phenoxy) is 3. The Hall–Kier alpha value is -3.06. The number of ketones is 1. The second-order valence-electron chi connectivity index (χ2n) is 7.84. The van der Waals surface area contributed by atoms with Crippen molar-refractivity contribution in [3.8, 4) is 17.2 Å². The largest absolute Gasteiger partial charge is 0.497 e. The fourth-order valence-electron chi connectivity index (χ4n) is 3.63. The lowest BCUT2D eigenvalue weighted by Crippen LogP contribution is -2.39. The Morgan fingerprint density at radius 2 is 1.72 bits per heavy atom. The van der Waals surface area contributed by atoms with Gasteiger partial charge in [0.2, 0.25) is 5.91 Å². The molecule has 32 heavy (non-hydrogen) atoms. The number of aliphatic hydroxyl groups is 1. The van der Waals surface area contributed by atoms with E-state index in [2.05, 4.69) is 5.32 Å². The molecule has 0 unspecified atom stereocenters. The summed E-state index contributed by atoms with van der Waals surface area (Å²) < 4.78 is 16.2. The highest BCUT2D eigenvalue weighted by Crippen LogP contribution is 2.31. The minimum absolute atomic E-state index is 0.0943. The maximum Gasteiger partial charge on any atom is 0.220 e. The van der Waals surface area contributed by atoms with Gasteiger partial charge in [0.15, 0.2) is 17.3 Å². The minimum Gasteiger partial charge on any atom is -0.497 e. The van der Waals surface area contributed by atoms with Gasteiger partial charge in [-0.15, -0.1) is 0 Å². The van der Waals surface area contributed by atoms with Gasteiger partial charge in [-0.25, -0.2) is 0 Å². The van der Waals surface area contributed by atoms with Crippen molar-refractivity contribution < 1.29 is 28.9 Å². The van der Waals surface area contributed by atoms with Gasteiger partial charge in [0, 0.05) is 18.4 Å². The number of benzene rings is 2. The SMILES string of the molecule is COc1ccc(C(=O)CCCCCC(=O)N[C@@H](CO)Cc2ccc3c(c2)OCCO3)cc1. The van der Waals surface area contributed by atoms with Crippen LogP contribution in [0, 0.1) is 0 Å². The first-order valence-electron chi connectivity index (χ1n) is 11.0. The van der Waals surface area contributed by atoms with Gasteiger partial charge in [-0.2, -0.15) is 0 Å². The van der Waals surface area contributed by atoms with Crippen LogP contribution in [0.5, 0.6) is 17.2 Å². The van der Waals surface area contributed by atoms with Gasteiger partial charge in [-0.1, -0.05) is 12.5 Å². The van der Waals surface area contributed by atoms with Crippen molar-refractivity contribution in [1.29, 1.82) is 0 Å². The summed E-state index contributed by atoms with van der Waals surface area (Å²) in [6.07, 6.45) is 3.56. The van der Waals surface area contributed by atoms with E-state index in [4.69, 9.17) is 14.2 Å². The average Bonchev–Trinajstić information content (AvgIpc) is 2.83. The Bertz CT molecular complexity index is 896. The molecule has 0 radical (unpaired) electrons. The van der Waals surface area contributed by atoms with Crippen molar-refractivity contribution in [3.05, 3.63) is 53.6 Å². The molecule has 0 saturated carbocycles. The zero-order chi connectivity index (χ0) is 22.8. The van der Waals surface area contributed by atoms with Crippen LogP contribution in [0.25, 0.3) is 0 Å². The minimum atomic E-state index is -0.360. The maximum absolute atomic E-state index is 12.3. The monoisotopic (exact) mass is 441 g/mol. The highest BCUT2D eigenvalue weighted by molar-refractivity contribution is 5.96. The molecule has 0 saturated heterocycles. The molecule has 1 aliphatic heterocycles. The summed E-state index contributed by atoms with van der Waals surface area (Å²) in [5.74, 6) is 2.14. The maximum atomic E-state index is 12.3. The molecule has 0 aliphatic carbocycles. The molecular weight excluding hydrogens is 410 g/mol. The zero-order valence-electron chi connectivity index (χ0n) is 18.5. The molecule has 7 nitrogen and oxygen atoms in total. The first-order valence-corrected chi connectivity index (χ1v) is 11.0. The molecule has 2 N–H and O–H groups in total. The van der Waals surface area contributed by atoms with Gasteiger partial charge in [0.1, 0.15) is 19.0 Å². The molecule has 2 aromatic carbocycles. The van der Waals surface area contributed by atoms with Crippen molar-refractivity contribution in [1.82, 2.24) is 5.32 Å². The van der Waals surface area contributed by atoms with E-state index in [1.165, 1.54) is 0 Å². The Balaban J connectivity index is 1.34. The van der Waals surface area contributed by atoms with Gasteiger partial charge in [-0.05, 0) is 61.2 Å². The lowest BCUT2D eigenvalue weighted by atomic mass is 10.0. The summed E-state index contributed by atoms with van der Waals surface area (Å²) in [4.78, 5) is 24.5. The van der Waals surface area contributed by atoms with Crippen LogP contribution in [0.3, 0.4) is 0 Å². The van der Waals surface area contributed by atoms with Crippen LogP contribution < -0.4 is 19.5 Å². The normalized spacial score (nSPS) is 13.3. The Labute approximate surface area is 188 Å². The standard InChI is InChI=1S/C25H31NO6/c1-30-21-10-8-19(9-11-21)22(28)5-3-2-4-6-25(29)26-20(17-27)15-18-7-12-23-24(16-18)32-14-13-31-23/h7-12,16,20,27H,2-6,13-15,17H2,1H3,(H,26,29)/t20-/m1/s1. The van der Waals surface area contributed by atoms with Crippen molar-refractivity contribution in [2.24, 2.45) is 0 Å². The summed E-state index contributed by atoms with van der Waals surface area (Å²) >= 11 is 0. The number of aliphatic hydroxyl groups excluding tert-OH is 1. The third kappa shape index (κ3) is 6.99. The van der Waals surface area contributed by atoms with E-state index in [1.54, 1.807) is 31.4 Å². The summed E-state index contributed by atoms with van der Waals surface area (Å²) in [5.41, 5.74) is 1.64. The Morgan fingerprint density at radius 3 is 2.44 bits per heavy atom. The van der Waals surface area contributed by atoms with Crippen LogP contribution in [0.15, 0.2) is 42.5 Å². The van der Waals surface area contributed by atoms with Crippen LogP contribution in [-0.2, 0) is 11.2 Å². The van der Waals surface area contributed by atoms with Crippen LogP contribution in [0.2, 0.25) is 0 Å². The number of rotatable bonds is 12. The molecule has 0 spiro atoms. The highest BCUT2D eigenvalue weighted by Gasteiger charge is 2.16. The van der Waals surface area contributed by atoms with Crippen molar-refractivity contribution in [2.45, 2.75) is 44.6 Å². The van der Waals surface area contributed by atoms with E-state index < -0.39 is 0 Å².